The van der Waals surface area contributed by atoms with E-state index in [0.717, 1.165) is 25.9 Å². The van der Waals surface area contributed by atoms with E-state index in [1.807, 2.05) is 12.1 Å². The lowest BCUT2D eigenvalue weighted by Gasteiger charge is -2.32. The van der Waals surface area contributed by atoms with Crippen LogP contribution in [0.1, 0.15) is 25.3 Å². The monoisotopic (exact) mass is 282 g/mol. The topological polar surface area (TPSA) is 41.1 Å². The number of nitrogens with one attached hydrogen (secondary N) is 2. The molecule has 2 N–H and O–H groups in total. The quantitative estimate of drug-likeness (QED) is 0.909. The van der Waals surface area contributed by atoms with Crippen molar-refractivity contribution in [1.82, 2.24) is 10.6 Å². The molecule has 110 valence electrons. The number of amides is 1. The van der Waals surface area contributed by atoms with Gasteiger partial charge in [0.05, 0.1) is 0 Å². The number of hydrogen-bond acceptors (Lipinski definition) is 2. The van der Waals surface area contributed by atoms with E-state index in [1.165, 1.54) is 16.3 Å². The number of carbonyl (C=O) groups excluding carboxylic acids is 1. The molecule has 1 heterocycles. The molecule has 0 atom stereocenters. The summed E-state index contributed by atoms with van der Waals surface area (Å²) in [5, 5.41) is 8.89. The molecule has 1 aliphatic rings. The number of carbonyl (C=O) groups is 1. The third-order valence-electron chi connectivity index (χ3n) is 4.57. The molecule has 0 aliphatic carbocycles. The van der Waals surface area contributed by atoms with Crippen LogP contribution in [0.25, 0.3) is 10.8 Å². The van der Waals surface area contributed by atoms with E-state index < -0.39 is 0 Å². The van der Waals surface area contributed by atoms with Gasteiger partial charge in [0, 0.05) is 12.0 Å². The van der Waals surface area contributed by atoms with E-state index in [9.17, 15) is 4.79 Å². The zero-order valence-electron chi connectivity index (χ0n) is 12.5. The zero-order chi connectivity index (χ0) is 14.7. The van der Waals surface area contributed by atoms with Crippen LogP contribution < -0.4 is 10.6 Å². The first-order valence-electron chi connectivity index (χ1n) is 7.65. The van der Waals surface area contributed by atoms with Gasteiger partial charge < -0.3 is 10.6 Å². The minimum Gasteiger partial charge on any atom is -0.352 e. The fraction of sp³-hybridized carbons (Fsp3) is 0.389. The second-order valence-electron chi connectivity index (χ2n) is 6.13. The van der Waals surface area contributed by atoms with Crippen LogP contribution >= 0.6 is 0 Å². The first-order chi connectivity index (χ1) is 10.2. The van der Waals surface area contributed by atoms with Gasteiger partial charge in [-0.15, -0.1) is 0 Å². The molecule has 1 amide bonds. The first kappa shape index (κ1) is 14.1. The summed E-state index contributed by atoms with van der Waals surface area (Å²) in [6, 6.07) is 14.6. The molecule has 0 aromatic heterocycles. The lowest BCUT2D eigenvalue weighted by Crippen LogP contribution is -2.45. The molecule has 1 aliphatic heterocycles. The van der Waals surface area contributed by atoms with E-state index in [0.29, 0.717) is 6.54 Å². The Bertz CT molecular complexity index is 639. The number of piperidine rings is 1. The number of benzene rings is 2. The van der Waals surface area contributed by atoms with Gasteiger partial charge in [-0.1, -0.05) is 49.4 Å². The number of hydrogen-bond donors (Lipinski definition) is 2. The van der Waals surface area contributed by atoms with Crippen LogP contribution in [0.2, 0.25) is 0 Å². The summed E-state index contributed by atoms with van der Waals surface area (Å²) in [6.45, 7) is 4.53. The predicted molar refractivity (Wildman–Crippen MR) is 86.0 cm³/mol. The summed E-state index contributed by atoms with van der Waals surface area (Å²) in [6.07, 6.45) is 1.82. The van der Waals surface area contributed by atoms with Crippen molar-refractivity contribution in [2.45, 2.75) is 26.3 Å². The largest absolute Gasteiger partial charge is 0.352 e. The Labute approximate surface area is 125 Å². The van der Waals surface area contributed by atoms with E-state index in [2.05, 4.69) is 47.9 Å². The molecule has 0 radical (unpaired) electrons. The van der Waals surface area contributed by atoms with Crippen molar-refractivity contribution in [3.05, 3.63) is 48.0 Å². The van der Waals surface area contributed by atoms with Gasteiger partial charge in [-0.05, 0) is 42.3 Å². The van der Waals surface area contributed by atoms with Crippen molar-refractivity contribution in [2.24, 2.45) is 5.41 Å². The van der Waals surface area contributed by atoms with E-state index in [-0.39, 0.29) is 11.3 Å². The molecule has 0 saturated carbocycles. The highest BCUT2D eigenvalue weighted by molar-refractivity contribution is 5.87. The van der Waals surface area contributed by atoms with Crippen molar-refractivity contribution < 1.29 is 4.79 Å². The molecule has 1 saturated heterocycles. The van der Waals surface area contributed by atoms with Crippen LogP contribution in [0, 0.1) is 5.41 Å². The zero-order valence-corrected chi connectivity index (χ0v) is 12.5. The van der Waals surface area contributed by atoms with Crippen LogP contribution in [-0.4, -0.2) is 19.0 Å². The van der Waals surface area contributed by atoms with Crippen molar-refractivity contribution in [3.8, 4) is 0 Å². The number of rotatable bonds is 3. The SMILES string of the molecule is CC1(C(=O)NCc2cccc3ccccc23)CCNCC1. The first-order valence-corrected chi connectivity index (χ1v) is 7.65. The van der Waals surface area contributed by atoms with Crippen molar-refractivity contribution in [3.63, 3.8) is 0 Å². The molecule has 1 fully saturated rings. The maximum absolute atomic E-state index is 12.5. The molecule has 0 unspecified atom stereocenters. The van der Waals surface area contributed by atoms with E-state index in [1.54, 1.807) is 0 Å². The van der Waals surface area contributed by atoms with E-state index >= 15 is 0 Å². The van der Waals surface area contributed by atoms with Crippen molar-refractivity contribution in [1.29, 1.82) is 0 Å². The molecule has 3 nitrogen and oxygen atoms in total. The van der Waals surface area contributed by atoms with Crippen LogP contribution in [0.15, 0.2) is 42.5 Å². The molecular formula is C18H22N2O. The Morgan fingerprint density at radius 3 is 2.67 bits per heavy atom. The highest BCUT2D eigenvalue weighted by atomic mass is 16.2. The summed E-state index contributed by atoms with van der Waals surface area (Å²) in [5.41, 5.74) is 0.953. The summed E-state index contributed by atoms with van der Waals surface area (Å²) < 4.78 is 0. The molecule has 0 bridgehead atoms. The molecule has 21 heavy (non-hydrogen) atoms. The molecular weight excluding hydrogens is 260 g/mol. The standard InChI is InChI=1S/C18H22N2O/c1-18(9-11-19-12-10-18)17(21)20-13-15-7-4-6-14-5-2-3-8-16(14)15/h2-8,19H,9-13H2,1H3,(H,20,21). The maximum Gasteiger partial charge on any atom is 0.226 e. The second-order valence-corrected chi connectivity index (χ2v) is 6.13. The van der Waals surface area contributed by atoms with Gasteiger partial charge in [0.1, 0.15) is 0 Å². The number of fused-ring (bicyclic) bond motifs is 1. The Morgan fingerprint density at radius 1 is 1.14 bits per heavy atom. The molecule has 3 rings (SSSR count). The van der Waals surface area contributed by atoms with Gasteiger partial charge >= 0.3 is 0 Å². The van der Waals surface area contributed by atoms with Gasteiger partial charge in [-0.25, -0.2) is 0 Å². The Balaban J connectivity index is 1.73. The highest BCUT2D eigenvalue weighted by Gasteiger charge is 2.34. The van der Waals surface area contributed by atoms with Crippen molar-refractivity contribution >= 4 is 16.7 Å². The molecule has 2 aromatic rings. The molecule has 2 aromatic carbocycles. The van der Waals surface area contributed by atoms with Gasteiger partial charge in [0.25, 0.3) is 0 Å². The normalized spacial score (nSPS) is 17.6. The van der Waals surface area contributed by atoms with Crippen LogP contribution in [0.3, 0.4) is 0 Å². The van der Waals surface area contributed by atoms with E-state index in [4.69, 9.17) is 0 Å². The Kier molecular flexibility index (Phi) is 3.93. The Hall–Kier alpha value is -1.87. The van der Waals surface area contributed by atoms with Crippen molar-refractivity contribution in [2.75, 3.05) is 13.1 Å². The van der Waals surface area contributed by atoms with Crippen LogP contribution in [-0.2, 0) is 11.3 Å². The third kappa shape index (κ3) is 2.93. The average molecular weight is 282 g/mol. The molecule has 0 spiro atoms. The van der Waals surface area contributed by atoms with Crippen LogP contribution in [0.4, 0.5) is 0 Å². The summed E-state index contributed by atoms with van der Waals surface area (Å²) in [4.78, 5) is 12.5. The van der Waals surface area contributed by atoms with Gasteiger partial charge in [-0.2, -0.15) is 0 Å². The van der Waals surface area contributed by atoms with Gasteiger partial charge in [0.2, 0.25) is 5.91 Å². The minimum atomic E-state index is -0.226. The third-order valence-corrected chi connectivity index (χ3v) is 4.57. The van der Waals surface area contributed by atoms with Gasteiger partial charge in [-0.3, -0.25) is 4.79 Å². The Morgan fingerprint density at radius 2 is 1.86 bits per heavy atom. The lowest BCUT2D eigenvalue weighted by atomic mass is 9.80. The molecule has 3 heteroatoms. The highest BCUT2D eigenvalue weighted by Crippen LogP contribution is 2.28. The minimum absolute atomic E-state index is 0.178. The average Bonchev–Trinajstić information content (AvgIpc) is 2.53. The second kappa shape index (κ2) is 5.86. The summed E-state index contributed by atoms with van der Waals surface area (Å²) in [7, 11) is 0. The fourth-order valence-electron chi connectivity index (χ4n) is 3.04. The predicted octanol–water partition coefficient (Wildman–Crippen LogP) is 2.85. The smallest absolute Gasteiger partial charge is 0.226 e. The summed E-state index contributed by atoms with van der Waals surface area (Å²) in [5.74, 6) is 0.178. The van der Waals surface area contributed by atoms with Gasteiger partial charge in [0.15, 0.2) is 0 Å². The van der Waals surface area contributed by atoms with Crippen LogP contribution in [0.5, 0.6) is 0 Å². The maximum atomic E-state index is 12.5. The summed E-state index contributed by atoms with van der Waals surface area (Å²) >= 11 is 0. The lowest BCUT2D eigenvalue weighted by molar-refractivity contribution is -0.131. The fourth-order valence-corrected chi connectivity index (χ4v) is 3.04.